The minimum absolute atomic E-state index is 0.0604. The van der Waals surface area contributed by atoms with E-state index in [9.17, 15) is 4.79 Å². The third-order valence-electron chi connectivity index (χ3n) is 5.94. The van der Waals surface area contributed by atoms with Crippen molar-refractivity contribution in [3.8, 4) is 0 Å². The molecule has 0 radical (unpaired) electrons. The first kappa shape index (κ1) is 19.2. The third-order valence-corrected chi connectivity index (χ3v) is 5.94. The molecule has 0 saturated carbocycles. The number of amides is 1. The van der Waals surface area contributed by atoms with Crippen LogP contribution in [0.2, 0.25) is 0 Å². The molecule has 0 bridgehead atoms. The maximum Gasteiger partial charge on any atom is 0.227 e. The van der Waals surface area contributed by atoms with Gasteiger partial charge in [-0.1, -0.05) is 26.0 Å². The zero-order valence-electron chi connectivity index (χ0n) is 17.1. The molecule has 2 fully saturated rings. The fraction of sp³-hybridized carbons (Fsp3) is 0.636. The number of morpholine rings is 1. The van der Waals surface area contributed by atoms with Gasteiger partial charge in [0, 0.05) is 32.7 Å². The number of hydrogen-bond donors (Lipinski definition) is 0. The van der Waals surface area contributed by atoms with Gasteiger partial charge < -0.3 is 19.1 Å². The Morgan fingerprint density at radius 2 is 2.00 bits per heavy atom. The van der Waals surface area contributed by atoms with Crippen LogP contribution in [0.1, 0.15) is 33.1 Å². The lowest BCUT2D eigenvalue weighted by molar-refractivity contribution is -0.139. The molecule has 2 aromatic rings. The fourth-order valence-corrected chi connectivity index (χ4v) is 4.31. The Bertz CT molecular complexity index is 810. The van der Waals surface area contributed by atoms with Crippen molar-refractivity contribution < 1.29 is 9.53 Å². The number of aryl methyl sites for hydroxylation is 1. The number of piperidine rings is 1. The Labute approximate surface area is 167 Å². The lowest BCUT2D eigenvalue weighted by Gasteiger charge is -2.36. The van der Waals surface area contributed by atoms with E-state index in [1.54, 1.807) is 0 Å². The number of rotatable bonds is 5. The second-order valence-corrected chi connectivity index (χ2v) is 8.46. The molecule has 0 spiro atoms. The predicted molar refractivity (Wildman–Crippen MR) is 112 cm³/mol. The number of hydrogen-bond acceptors (Lipinski definition) is 4. The average molecular weight is 385 g/mol. The highest BCUT2D eigenvalue weighted by molar-refractivity contribution is 5.81. The van der Waals surface area contributed by atoms with Crippen molar-refractivity contribution in [1.82, 2.24) is 14.5 Å². The van der Waals surface area contributed by atoms with Gasteiger partial charge in [-0.05, 0) is 37.3 Å². The maximum atomic E-state index is 13.0. The van der Waals surface area contributed by atoms with Gasteiger partial charge in [0.15, 0.2) is 0 Å². The molecule has 4 rings (SSSR count). The van der Waals surface area contributed by atoms with Crippen LogP contribution < -0.4 is 4.90 Å². The average Bonchev–Trinajstić information content (AvgIpc) is 3.11. The molecular weight excluding hydrogens is 352 g/mol. The summed E-state index contributed by atoms with van der Waals surface area (Å²) in [5.74, 6) is 2.02. The van der Waals surface area contributed by atoms with Gasteiger partial charge >= 0.3 is 0 Å². The normalized spacial score (nSPS) is 20.9. The SMILES string of the molecule is CC(C)CCn1c(N2CCCC(C(=O)N3CCOCC3)C2)nc2ccccc21. The first-order valence-electron chi connectivity index (χ1n) is 10.7. The highest BCUT2D eigenvalue weighted by Gasteiger charge is 2.32. The number of para-hydroxylation sites is 2. The van der Waals surface area contributed by atoms with Crippen molar-refractivity contribution >= 4 is 22.9 Å². The van der Waals surface area contributed by atoms with E-state index in [4.69, 9.17) is 9.72 Å². The molecule has 2 aliphatic rings. The second-order valence-electron chi connectivity index (χ2n) is 8.46. The van der Waals surface area contributed by atoms with Gasteiger partial charge in [0.25, 0.3) is 0 Å². The van der Waals surface area contributed by atoms with Crippen molar-refractivity contribution in [2.45, 2.75) is 39.7 Å². The van der Waals surface area contributed by atoms with Gasteiger partial charge in [0.2, 0.25) is 11.9 Å². The van der Waals surface area contributed by atoms with Crippen LogP contribution in [-0.4, -0.2) is 59.8 Å². The highest BCUT2D eigenvalue weighted by atomic mass is 16.5. The van der Waals surface area contributed by atoms with Crippen LogP contribution in [0.4, 0.5) is 5.95 Å². The van der Waals surface area contributed by atoms with Crippen LogP contribution >= 0.6 is 0 Å². The summed E-state index contributed by atoms with van der Waals surface area (Å²) in [4.78, 5) is 22.3. The summed E-state index contributed by atoms with van der Waals surface area (Å²) in [5, 5.41) is 0. The summed E-state index contributed by atoms with van der Waals surface area (Å²) >= 11 is 0. The zero-order valence-corrected chi connectivity index (χ0v) is 17.1. The highest BCUT2D eigenvalue weighted by Crippen LogP contribution is 2.28. The summed E-state index contributed by atoms with van der Waals surface area (Å²) < 4.78 is 7.76. The zero-order chi connectivity index (χ0) is 19.5. The quantitative estimate of drug-likeness (QED) is 0.795. The standard InChI is InChI=1S/C22H32N4O2/c1-17(2)9-11-26-20-8-4-3-7-19(20)23-22(26)25-10-5-6-18(16-25)21(27)24-12-14-28-15-13-24/h3-4,7-8,17-18H,5-6,9-16H2,1-2H3. The van der Waals surface area contributed by atoms with Gasteiger partial charge in [-0.15, -0.1) is 0 Å². The van der Waals surface area contributed by atoms with E-state index in [1.165, 1.54) is 5.52 Å². The van der Waals surface area contributed by atoms with Crippen molar-refractivity contribution in [2.24, 2.45) is 11.8 Å². The summed E-state index contributed by atoms with van der Waals surface area (Å²) in [6, 6.07) is 8.38. The van der Waals surface area contributed by atoms with Crippen molar-refractivity contribution in [3.05, 3.63) is 24.3 Å². The van der Waals surface area contributed by atoms with E-state index < -0.39 is 0 Å². The summed E-state index contributed by atoms with van der Waals surface area (Å²) in [7, 11) is 0. The van der Waals surface area contributed by atoms with E-state index in [1.807, 2.05) is 11.0 Å². The summed E-state index contributed by atoms with van der Waals surface area (Å²) in [6.07, 6.45) is 3.13. The minimum atomic E-state index is 0.0604. The fourth-order valence-electron chi connectivity index (χ4n) is 4.31. The number of aromatic nitrogens is 2. The van der Waals surface area contributed by atoms with Crippen LogP contribution in [0.5, 0.6) is 0 Å². The number of imidazole rings is 1. The Balaban J connectivity index is 1.56. The van der Waals surface area contributed by atoms with Crippen LogP contribution in [0.25, 0.3) is 11.0 Å². The van der Waals surface area contributed by atoms with Crippen LogP contribution in [0.3, 0.4) is 0 Å². The molecule has 1 atom stereocenters. The molecule has 6 heteroatoms. The Morgan fingerprint density at radius 1 is 1.21 bits per heavy atom. The van der Waals surface area contributed by atoms with Crippen LogP contribution in [0.15, 0.2) is 24.3 Å². The number of ether oxygens (including phenoxy) is 1. The smallest absolute Gasteiger partial charge is 0.227 e. The largest absolute Gasteiger partial charge is 0.378 e. The molecule has 0 N–H and O–H groups in total. The molecule has 1 aromatic carbocycles. The molecule has 152 valence electrons. The van der Waals surface area contributed by atoms with Gasteiger partial charge in [-0.2, -0.15) is 0 Å². The topological polar surface area (TPSA) is 50.6 Å². The van der Waals surface area contributed by atoms with Crippen molar-refractivity contribution in [1.29, 1.82) is 0 Å². The molecular formula is C22H32N4O2. The number of carbonyl (C=O) groups is 1. The molecule has 2 saturated heterocycles. The maximum absolute atomic E-state index is 13.0. The van der Waals surface area contributed by atoms with E-state index in [0.29, 0.717) is 19.1 Å². The molecule has 1 amide bonds. The lowest BCUT2D eigenvalue weighted by atomic mass is 9.96. The summed E-state index contributed by atoms with van der Waals surface area (Å²) in [6.45, 7) is 9.99. The van der Waals surface area contributed by atoms with E-state index in [-0.39, 0.29) is 11.8 Å². The number of benzene rings is 1. The van der Waals surface area contributed by atoms with E-state index in [2.05, 4.69) is 41.5 Å². The monoisotopic (exact) mass is 384 g/mol. The van der Waals surface area contributed by atoms with Crippen molar-refractivity contribution in [3.63, 3.8) is 0 Å². The number of anilines is 1. The van der Waals surface area contributed by atoms with E-state index in [0.717, 1.165) is 63.5 Å². The van der Waals surface area contributed by atoms with Gasteiger partial charge in [-0.25, -0.2) is 4.98 Å². The lowest BCUT2D eigenvalue weighted by Crippen LogP contribution is -2.48. The summed E-state index contributed by atoms with van der Waals surface area (Å²) in [5.41, 5.74) is 2.24. The predicted octanol–water partition coefficient (Wildman–Crippen LogP) is 3.16. The van der Waals surface area contributed by atoms with E-state index >= 15 is 0 Å². The third kappa shape index (κ3) is 4.02. The molecule has 28 heavy (non-hydrogen) atoms. The second kappa shape index (κ2) is 8.52. The van der Waals surface area contributed by atoms with Gasteiger partial charge in [0.05, 0.1) is 30.2 Å². The van der Waals surface area contributed by atoms with Crippen LogP contribution in [-0.2, 0) is 16.1 Å². The number of carbonyl (C=O) groups excluding carboxylic acids is 1. The van der Waals surface area contributed by atoms with Crippen LogP contribution in [0, 0.1) is 11.8 Å². The Morgan fingerprint density at radius 3 is 2.79 bits per heavy atom. The molecule has 2 aliphatic heterocycles. The Hall–Kier alpha value is -2.08. The number of nitrogens with zero attached hydrogens (tertiary/aromatic N) is 4. The first-order chi connectivity index (χ1) is 13.6. The molecule has 3 heterocycles. The number of fused-ring (bicyclic) bond motifs is 1. The van der Waals surface area contributed by atoms with Gasteiger partial charge in [-0.3, -0.25) is 4.79 Å². The molecule has 1 aromatic heterocycles. The van der Waals surface area contributed by atoms with Gasteiger partial charge in [0.1, 0.15) is 0 Å². The van der Waals surface area contributed by atoms with Crippen molar-refractivity contribution in [2.75, 3.05) is 44.3 Å². The molecule has 6 nitrogen and oxygen atoms in total. The molecule has 1 unspecified atom stereocenters. The molecule has 0 aliphatic carbocycles. The minimum Gasteiger partial charge on any atom is -0.378 e. The Kier molecular flexibility index (Phi) is 5.85. The first-order valence-corrected chi connectivity index (χ1v) is 10.7.